The Morgan fingerprint density at radius 3 is 2.74 bits per heavy atom. The predicted molar refractivity (Wildman–Crippen MR) is 90.9 cm³/mol. The average molecular weight is 316 g/mol. The van der Waals surface area contributed by atoms with E-state index < -0.39 is 0 Å². The molecule has 1 unspecified atom stereocenters. The number of pyridine rings is 1. The van der Waals surface area contributed by atoms with Crippen LogP contribution in [0.4, 0.5) is 0 Å². The Morgan fingerprint density at radius 1 is 1.30 bits per heavy atom. The third kappa shape index (κ3) is 3.90. The first-order valence-corrected chi connectivity index (χ1v) is 8.71. The third-order valence-electron chi connectivity index (χ3n) is 5.17. The van der Waals surface area contributed by atoms with Gasteiger partial charge in [-0.2, -0.15) is 0 Å². The zero-order valence-corrected chi connectivity index (χ0v) is 14.3. The van der Waals surface area contributed by atoms with Crippen molar-refractivity contribution in [1.82, 2.24) is 20.1 Å². The minimum absolute atomic E-state index is 0.0291. The molecule has 23 heavy (non-hydrogen) atoms. The average Bonchev–Trinajstić information content (AvgIpc) is 2.55. The van der Waals surface area contributed by atoms with Gasteiger partial charge in [-0.05, 0) is 36.9 Å². The number of hydrogen-bond donors (Lipinski definition) is 1. The van der Waals surface area contributed by atoms with E-state index in [2.05, 4.69) is 35.1 Å². The molecule has 126 valence electrons. The molecular formula is C18H28N4O. The van der Waals surface area contributed by atoms with Crippen LogP contribution in [-0.2, 0) is 11.3 Å². The molecule has 0 aliphatic carbocycles. The van der Waals surface area contributed by atoms with E-state index in [1.54, 1.807) is 0 Å². The van der Waals surface area contributed by atoms with E-state index in [0.717, 1.165) is 57.8 Å². The van der Waals surface area contributed by atoms with E-state index in [1.165, 1.54) is 0 Å². The molecule has 0 spiro atoms. The van der Waals surface area contributed by atoms with Crippen molar-refractivity contribution < 1.29 is 4.79 Å². The van der Waals surface area contributed by atoms with Gasteiger partial charge >= 0.3 is 0 Å². The Labute approximate surface area is 139 Å². The van der Waals surface area contributed by atoms with E-state index in [9.17, 15) is 4.79 Å². The van der Waals surface area contributed by atoms with Crippen LogP contribution in [0.15, 0.2) is 24.4 Å². The maximum Gasteiger partial charge on any atom is 0.240 e. The minimum Gasteiger partial charge on any atom is -0.339 e. The highest BCUT2D eigenvalue weighted by Gasteiger charge is 2.39. The number of piperazine rings is 1. The number of hydrogen-bond acceptors (Lipinski definition) is 4. The Balaban J connectivity index is 1.53. The molecule has 1 N–H and O–H groups in total. The number of amides is 1. The number of carbonyl (C=O) groups is 1. The van der Waals surface area contributed by atoms with Gasteiger partial charge in [0.25, 0.3) is 0 Å². The molecule has 2 saturated heterocycles. The van der Waals surface area contributed by atoms with E-state index >= 15 is 0 Å². The summed E-state index contributed by atoms with van der Waals surface area (Å²) in [5.41, 5.74) is 1.16. The van der Waals surface area contributed by atoms with Gasteiger partial charge < -0.3 is 10.2 Å². The second kappa shape index (κ2) is 6.97. The number of carbonyl (C=O) groups excluding carboxylic acids is 1. The van der Waals surface area contributed by atoms with Crippen molar-refractivity contribution in [2.75, 3.05) is 32.7 Å². The van der Waals surface area contributed by atoms with E-state index in [1.807, 2.05) is 23.2 Å². The summed E-state index contributed by atoms with van der Waals surface area (Å²) in [5.74, 6) is 0.284. The van der Waals surface area contributed by atoms with Gasteiger partial charge in [-0.25, -0.2) is 0 Å². The van der Waals surface area contributed by atoms with Gasteiger partial charge in [0.15, 0.2) is 0 Å². The Hall–Kier alpha value is -1.46. The van der Waals surface area contributed by atoms with Crippen LogP contribution in [0.25, 0.3) is 0 Å². The number of nitrogens with one attached hydrogen (secondary N) is 1. The lowest BCUT2D eigenvalue weighted by molar-refractivity contribution is -0.139. The fourth-order valence-electron chi connectivity index (χ4n) is 3.66. The normalized spacial score (nSPS) is 25.3. The Kier molecular flexibility index (Phi) is 4.97. The first kappa shape index (κ1) is 16.4. The summed E-state index contributed by atoms with van der Waals surface area (Å²) in [5, 5.41) is 3.44. The molecule has 5 heteroatoms. The van der Waals surface area contributed by atoms with Crippen LogP contribution in [0.1, 0.15) is 32.4 Å². The van der Waals surface area contributed by atoms with Gasteiger partial charge in [0, 0.05) is 38.9 Å². The van der Waals surface area contributed by atoms with E-state index in [-0.39, 0.29) is 17.4 Å². The first-order chi connectivity index (χ1) is 11.1. The fraction of sp³-hybridized carbons (Fsp3) is 0.667. The molecule has 3 rings (SSSR count). The van der Waals surface area contributed by atoms with Crippen molar-refractivity contribution in [3.63, 3.8) is 0 Å². The molecule has 0 radical (unpaired) electrons. The molecule has 2 aliphatic rings. The fourth-order valence-corrected chi connectivity index (χ4v) is 3.66. The standard InChI is InChI=1S/C18H28N4O/c1-18(2)7-5-9-20-16(18)17(23)22-12-10-21(11-13-22)14-15-6-3-4-8-19-15/h3-4,6,8,16,20H,5,7,9-14H2,1-2H3. The smallest absolute Gasteiger partial charge is 0.240 e. The van der Waals surface area contributed by atoms with Gasteiger partial charge in [0.1, 0.15) is 0 Å². The van der Waals surface area contributed by atoms with Crippen LogP contribution in [0.2, 0.25) is 0 Å². The summed E-state index contributed by atoms with van der Waals surface area (Å²) in [4.78, 5) is 21.7. The maximum absolute atomic E-state index is 12.9. The number of rotatable bonds is 3. The molecular weight excluding hydrogens is 288 g/mol. The quantitative estimate of drug-likeness (QED) is 0.918. The van der Waals surface area contributed by atoms with E-state index in [0.29, 0.717) is 0 Å². The van der Waals surface area contributed by atoms with Crippen LogP contribution >= 0.6 is 0 Å². The second-order valence-electron chi connectivity index (χ2n) is 7.40. The molecule has 0 bridgehead atoms. The highest BCUT2D eigenvalue weighted by atomic mass is 16.2. The zero-order chi connectivity index (χ0) is 16.3. The lowest BCUT2D eigenvalue weighted by Crippen LogP contribution is -2.59. The molecule has 1 amide bonds. The van der Waals surface area contributed by atoms with Gasteiger partial charge in [-0.3, -0.25) is 14.7 Å². The summed E-state index contributed by atoms with van der Waals surface area (Å²) >= 11 is 0. The lowest BCUT2D eigenvalue weighted by atomic mass is 9.77. The van der Waals surface area contributed by atoms with Gasteiger partial charge in [0.2, 0.25) is 5.91 Å². The largest absolute Gasteiger partial charge is 0.339 e. The van der Waals surface area contributed by atoms with E-state index in [4.69, 9.17) is 0 Å². The van der Waals surface area contributed by atoms with Crippen molar-refractivity contribution in [2.24, 2.45) is 5.41 Å². The predicted octanol–water partition coefficient (Wildman–Crippen LogP) is 1.50. The number of aromatic nitrogens is 1. The molecule has 2 aliphatic heterocycles. The molecule has 3 heterocycles. The van der Waals surface area contributed by atoms with Crippen molar-refractivity contribution in [3.05, 3.63) is 30.1 Å². The number of nitrogens with zero attached hydrogens (tertiary/aromatic N) is 3. The summed E-state index contributed by atoms with van der Waals surface area (Å²) in [6, 6.07) is 6.00. The van der Waals surface area contributed by atoms with Crippen LogP contribution in [0.3, 0.4) is 0 Å². The topological polar surface area (TPSA) is 48.5 Å². The summed E-state index contributed by atoms with van der Waals surface area (Å²) < 4.78 is 0. The SMILES string of the molecule is CC1(C)CCCNC1C(=O)N1CCN(Cc2ccccn2)CC1. The van der Waals surface area contributed by atoms with Gasteiger partial charge in [0.05, 0.1) is 11.7 Å². The Morgan fingerprint density at radius 2 is 2.09 bits per heavy atom. The van der Waals surface area contributed by atoms with Crippen molar-refractivity contribution in [2.45, 2.75) is 39.3 Å². The molecule has 0 saturated carbocycles. The molecule has 2 fully saturated rings. The van der Waals surface area contributed by atoms with Gasteiger partial charge in [-0.15, -0.1) is 0 Å². The third-order valence-corrected chi connectivity index (χ3v) is 5.17. The van der Waals surface area contributed by atoms with Crippen LogP contribution in [-0.4, -0.2) is 59.5 Å². The highest BCUT2D eigenvalue weighted by Crippen LogP contribution is 2.31. The van der Waals surface area contributed by atoms with Crippen molar-refractivity contribution >= 4 is 5.91 Å². The first-order valence-electron chi connectivity index (χ1n) is 8.71. The van der Waals surface area contributed by atoms with Crippen molar-refractivity contribution in [1.29, 1.82) is 0 Å². The van der Waals surface area contributed by atoms with Crippen molar-refractivity contribution in [3.8, 4) is 0 Å². The Bertz CT molecular complexity index is 523. The molecule has 5 nitrogen and oxygen atoms in total. The minimum atomic E-state index is -0.0291. The molecule has 1 aromatic heterocycles. The number of piperidine rings is 1. The maximum atomic E-state index is 12.9. The van der Waals surface area contributed by atoms with Gasteiger partial charge in [-0.1, -0.05) is 19.9 Å². The summed E-state index contributed by atoms with van der Waals surface area (Å²) in [7, 11) is 0. The molecule has 1 aromatic rings. The monoisotopic (exact) mass is 316 g/mol. The van der Waals surface area contributed by atoms with Crippen LogP contribution in [0, 0.1) is 5.41 Å². The van der Waals surface area contributed by atoms with Crippen LogP contribution < -0.4 is 5.32 Å². The molecule has 1 atom stereocenters. The molecule has 0 aromatic carbocycles. The summed E-state index contributed by atoms with van der Waals surface area (Å²) in [6.45, 7) is 9.73. The zero-order valence-electron chi connectivity index (χ0n) is 14.3. The summed E-state index contributed by atoms with van der Waals surface area (Å²) in [6.07, 6.45) is 4.12. The highest BCUT2D eigenvalue weighted by molar-refractivity contribution is 5.83. The lowest BCUT2D eigenvalue weighted by Gasteiger charge is -2.43. The second-order valence-corrected chi connectivity index (χ2v) is 7.40. The van der Waals surface area contributed by atoms with Crippen LogP contribution in [0.5, 0.6) is 0 Å².